The Kier molecular flexibility index (Phi) is 3.37. The molecular formula is C17H21N3O2. The van der Waals surface area contributed by atoms with E-state index in [1.54, 1.807) is 0 Å². The Balaban J connectivity index is 1.35. The predicted molar refractivity (Wildman–Crippen MR) is 82.0 cm³/mol. The summed E-state index contributed by atoms with van der Waals surface area (Å²) < 4.78 is 0. The fourth-order valence-electron chi connectivity index (χ4n) is 3.93. The molecule has 0 aliphatic carbocycles. The van der Waals surface area contributed by atoms with E-state index >= 15 is 0 Å². The van der Waals surface area contributed by atoms with Crippen molar-refractivity contribution in [2.24, 2.45) is 5.92 Å². The maximum absolute atomic E-state index is 12.5. The van der Waals surface area contributed by atoms with E-state index in [1.165, 1.54) is 11.1 Å². The Morgan fingerprint density at radius 3 is 2.86 bits per heavy atom. The number of rotatable bonds is 2. The number of amides is 2. The lowest BCUT2D eigenvalue weighted by Crippen LogP contribution is -2.43. The molecule has 1 aromatic carbocycles. The summed E-state index contributed by atoms with van der Waals surface area (Å²) in [4.78, 5) is 28.0. The minimum absolute atomic E-state index is 0.134. The number of hydrogen-bond acceptors (Lipinski definition) is 3. The van der Waals surface area contributed by atoms with Gasteiger partial charge in [-0.15, -0.1) is 0 Å². The fraction of sp³-hybridized carbons (Fsp3) is 0.529. The van der Waals surface area contributed by atoms with Crippen LogP contribution in [0.3, 0.4) is 0 Å². The number of carbonyl (C=O) groups is 2. The molecule has 116 valence electrons. The third kappa shape index (κ3) is 2.50. The second kappa shape index (κ2) is 5.39. The molecule has 5 nitrogen and oxygen atoms in total. The summed E-state index contributed by atoms with van der Waals surface area (Å²) in [5, 5.41) is 2.97. The van der Waals surface area contributed by atoms with Crippen LogP contribution in [0, 0.1) is 5.92 Å². The first-order valence-electron chi connectivity index (χ1n) is 8.05. The highest BCUT2D eigenvalue weighted by atomic mass is 16.2. The van der Waals surface area contributed by atoms with Crippen LogP contribution in [0.4, 0.5) is 0 Å². The second-order valence-corrected chi connectivity index (χ2v) is 6.67. The van der Waals surface area contributed by atoms with Crippen LogP contribution in [0.2, 0.25) is 0 Å². The van der Waals surface area contributed by atoms with Gasteiger partial charge in [0, 0.05) is 38.5 Å². The molecule has 0 spiro atoms. The molecule has 5 heteroatoms. The Morgan fingerprint density at radius 1 is 1.23 bits per heavy atom. The van der Waals surface area contributed by atoms with E-state index in [9.17, 15) is 9.59 Å². The van der Waals surface area contributed by atoms with Gasteiger partial charge in [-0.3, -0.25) is 14.5 Å². The summed E-state index contributed by atoms with van der Waals surface area (Å²) in [6.07, 6.45) is 1.59. The van der Waals surface area contributed by atoms with Crippen LogP contribution in [0.15, 0.2) is 24.3 Å². The zero-order valence-corrected chi connectivity index (χ0v) is 12.6. The van der Waals surface area contributed by atoms with Crippen molar-refractivity contribution in [1.29, 1.82) is 0 Å². The first-order chi connectivity index (χ1) is 10.7. The quantitative estimate of drug-likeness (QED) is 0.859. The SMILES string of the molecule is O=C1C[C@H]2CN(C(=O)CN3CCc4ccccc4C3)C[C@H]2N1. The minimum Gasteiger partial charge on any atom is -0.351 e. The molecule has 0 bridgehead atoms. The van der Waals surface area contributed by atoms with Gasteiger partial charge in [-0.05, 0) is 17.5 Å². The predicted octanol–water partition coefficient (Wildman–Crippen LogP) is 0.392. The molecule has 2 atom stereocenters. The van der Waals surface area contributed by atoms with Crippen LogP contribution in [0.1, 0.15) is 17.5 Å². The van der Waals surface area contributed by atoms with Crippen molar-refractivity contribution in [3.05, 3.63) is 35.4 Å². The van der Waals surface area contributed by atoms with Crippen molar-refractivity contribution in [1.82, 2.24) is 15.1 Å². The van der Waals surface area contributed by atoms with E-state index in [0.29, 0.717) is 25.4 Å². The van der Waals surface area contributed by atoms with Crippen LogP contribution >= 0.6 is 0 Å². The van der Waals surface area contributed by atoms with Crippen LogP contribution in [0.5, 0.6) is 0 Å². The Morgan fingerprint density at radius 2 is 2.05 bits per heavy atom. The van der Waals surface area contributed by atoms with Gasteiger partial charge in [-0.1, -0.05) is 24.3 Å². The molecule has 3 aliphatic rings. The maximum Gasteiger partial charge on any atom is 0.236 e. The van der Waals surface area contributed by atoms with Crippen molar-refractivity contribution in [2.45, 2.75) is 25.4 Å². The van der Waals surface area contributed by atoms with E-state index in [-0.39, 0.29) is 17.9 Å². The number of carbonyl (C=O) groups excluding carboxylic acids is 2. The highest BCUT2D eigenvalue weighted by Gasteiger charge is 2.41. The first-order valence-corrected chi connectivity index (χ1v) is 8.05. The molecule has 3 aliphatic heterocycles. The van der Waals surface area contributed by atoms with Gasteiger partial charge in [0.1, 0.15) is 0 Å². The lowest BCUT2D eigenvalue weighted by atomic mass is 10.00. The molecular weight excluding hydrogens is 278 g/mol. The number of nitrogens with one attached hydrogen (secondary N) is 1. The van der Waals surface area contributed by atoms with Crippen molar-refractivity contribution >= 4 is 11.8 Å². The highest BCUT2D eigenvalue weighted by Crippen LogP contribution is 2.26. The normalized spacial score (nSPS) is 27.5. The van der Waals surface area contributed by atoms with E-state index in [1.807, 2.05) is 4.90 Å². The van der Waals surface area contributed by atoms with Gasteiger partial charge in [-0.25, -0.2) is 0 Å². The molecule has 0 saturated carbocycles. The van der Waals surface area contributed by atoms with E-state index in [4.69, 9.17) is 0 Å². The summed E-state index contributed by atoms with van der Waals surface area (Å²) in [6, 6.07) is 8.66. The van der Waals surface area contributed by atoms with Gasteiger partial charge in [-0.2, -0.15) is 0 Å². The summed E-state index contributed by atoms with van der Waals surface area (Å²) in [6.45, 7) is 3.70. The maximum atomic E-state index is 12.5. The van der Waals surface area contributed by atoms with Crippen molar-refractivity contribution in [2.75, 3.05) is 26.2 Å². The van der Waals surface area contributed by atoms with E-state index in [2.05, 4.69) is 34.5 Å². The molecule has 0 aromatic heterocycles. The van der Waals surface area contributed by atoms with Crippen LogP contribution in [-0.4, -0.2) is 53.8 Å². The Hall–Kier alpha value is -1.88. The van der Waals surface area contributed by atoms with Gasteiger partial charge in [0.25, 0.3) is 0 Å². The smallest absolute Gasteiger partial charge is 0.236 e. The molecule has 2 saturated heterocycles. The lowest BCUT2D eigenvalue weighted by molar-refractivity contribution is -0.132. The molecule has 2 amide bonds. The van der Waals surface area contributed by atoms with Crippen LogP contribution in [0.25, 0.3) is 0 Å². The molecule has 0 radical (unpaired) electrons. The Labute approximate surface area is 130 Å². The van der Waals surface area contributed by atoms with Gasteiger partial charge >= 0.3 is 0 Å². The third-order valence-electron chi connectivity index (χ3n) is 5.16. The number of nitrogens with zero attached hydrogens (tertiary/aromatic N) is 2. The average molecular weight is 299 g/mol. The summed E-state index contributed by atoms with van der Waals surface area (Å²) in [7, 11) is 0. The molecule has 4 rings (SSSR count). The number of likely N-dealkylation sites (tertiary alicyclic amines) is 1. The van der Waals surface area contributed by atoms with Gasteiger partial charge < -0.3 is 10.2 Å². The molecule has 22 heavy (non-hydrogen) atoms. The second-order valence-electron chi connectivity index (χ2n) is 6.67. The largest absolute Gasteiger partial charge is 0.351 e. The molecule has 3 heterocycles. The first kappa shape index (κ1) is 13.8. The monoisotopic (exact) mass is 299 g/mol. The summed E-state index contributed by atoms with van der Waals surface area (Å²) in [5.74, 6) is 0.649. The topological polar surface area (TPSA) is 52.7 Å². The van der Waals surface area contributed by atoms with Crippen molar-refractivity contribution < 1.29 is 9.59 Å². The van der Waals surface area contributed by atoms with Gasteiger partial charge in [0.2, 0.25) is 11.8 Å². The van der Waals surface area contributed by atoms with Gasteiger partial charge in [0.05, 0.1) is 12.6 Å². The minimum atomic E-state index is 0.134. The lowest BCUT2D eigenvalue weighted by Gasteiger charge is -2.29. The molecule has 0 unspecified atom stereocenters. The standard InChI is InChI=1S/C17H21N3O2/c21-16-7-14-9-20(10-15(14)18-16)17(22)11-19-6-5-12-3-1-2-4-13(12)8-19/h1-4,14-15H,5-11H2,(H,18,21)/t14-,15+/m0/s1. The van der Waals surface area contributed by atoms with E-state index < -0.39 is 0 Å². The van der Waals surface area contributed by atoms with E-state index in [0.717, 1.165) is 26.1 Å². The zero-order valence-electron chi connectivity index (χ0n) is 12.6. The number of benzene rings is 1. The third-order valence-corrected chi connectivity index (χ3v) is 5.16. The van der Waals surface area contributed by atoms with Crippen LogP contribution < -0.4 is 5.32 Å². The summed E-state index contributed by atoms with van der Waals surface area (Å²) >= 11 is 0. The zero-order chi connectivity index (χ0) is 15.1. The highest BCUT2D eigenvalue weighted by molar-refractivity contribution is 5.82. The molecule has 1 aromatic rings. The van der Waals surface area contributed by atoms with Crippen LogP contribution in [-0.2, 0) is 22.6 Å². The number of hydrogen-bond donors (Lipinski definition) is 1. The summed E-state index contributed by atoms with van der Waals surface area (Å²) in [5.41, 5.74) is 2.75. The average Bonchev–Trinajstić information content (AvgIpc) is 3.04. The fourth-order valence-corrected chi connectivity index (χ4v) is 3.93. The van der Waals surface area contributed by atoms with Crippen molar-refractivity contribution in [3.8, 4) is 0 Å². The molecule has 1 N–H and O–H groups in total. The number of fused-ring (bicyclic) bond motifs is 2. The molecule has 2 fully saturated rings. The Bertz CT molecular complexity index is 600. The van der Waals surface area contributed by atoms with Crippen molar-refractivity contribution in [3.63, 3.8) is 0 Å². The van der Waals surface area contributed by atoms with Gasteiger partial charge in [0.15, 0.2) is 0 Å².